The molecule has 2 rings (SSSR count). The molecule has 21 heavy (non-hydrogen) atoms. The van der Waals surface area contributed by atoms with Crippen molar-refractivity contribution in [3.05, 3.63) is 60.7 Å². The number of rotatable bonds is 2. The Morgan fingerprint density at radius 3 is 1.00 bits per heavy atom. The van der Waals surface area contributed by atoms with Crippen LogP contribution in [0.15, 0.2) is 60.7 Å². The summed E-state index contributed by atoms with van der Waals surface area (Å²) >= 11 is 0. The third-order valence-corrected chi connectivity index (χ3v) is 2.46. The molecule has 0 aliphatic rings. The van der Waals surface area contributed by atoms with E-state index in [0.29, 0.717) is 11.5 Å². The van der Waals surface area contributed by atoms with Crippen LogP contribution in [-0.2, 0) is 0 Å². The standard InChI is InChI=1S/C7H16.2C6H6O/c1-6(2)5-7(3)4;2*7-6-4-2-1-3-5-6/h6-7H,5H2,1-4H3;2*1-5,7H. The zero-order valence-corrected chi connectivity index (χ0v) is 13.5. The molecule has 0 unspecified atom stereocenters. The van der Waals surface area contributed by atoms with Crippen LogP contribution in [0.4, 0.5) is 0 Å². The second kappa shape index (κ2) is 11.8. The molecule has 2 aromatic carbocycles. The van der Waals surface area contributed by atoms with Crippen LogP contribution in [-0.4, -0.2) is 10.2 Å². The van der Waals surface area contributed by atoms with E-state index in [-0.39, 0.29) is 0 Å². The highest BCUT2D eigenvalue weighted by atomic mass is 16.3. The van der Waals surface area contributed by atoms with Crippen molar-refractivity contribution in [2.45, 2.75) is 34.1 Å². The van der Waals surface area contributed by atoms with E-state index in [4.69, 9.17) is 10.2 Å². The highest BCUT2D eigenvalue weighted by Gasteiger charge is 1.95. The Bertz CT molecular complexity index is 392. The largest absolute Gasteiger partial charge is 0.508 e. The fourth-order valence-corrected chi connectivity index (χ4v) is 1.80. The first-order chi connectivity index (χ1) is 9.91. The predicted molar refractivity (Wildman–Crippen MR) is 90.5 cm³/mol. The molecular formula is C19H28O2. The third kappa shape index (κ3) is 14.3. The summed E-state index contributed by atoms with van der Waals surface area (Å²) in [6.07, 6.45) is 1.36. The average molecular weight is 288 g/mol. The summed E-state index contributed by atoms with van der Waals surface area (Å²) in [7, 11) is 0. The predicted octanol–water partition coefficient (Wildman–Crippen LogP) is 5.47. The summed E-state index contributed by atoms with van der Waals surface area (Å²) in [5, 5.41) is 17.3. The van der Waals surface area contributed by atoms with Gasteiger partial charge >= 0.3 is 0 Å². The number of phenols is 2. The van der Waals surface area contributed by atoms with E-state index in [1.807, 2.05) is 12.1 Å². The van der Waals surface area contributed by atoms with Gasteiger partial charge in [0.05, 0.1) is 0 Å². The van der Waals surface area contributed by atoms with Gasteiger partial charge in [0.2, 0.25) is 0 Å². The maximum Gasteiger partial charge on any atom is 0.115 e. The summed E-state index contributed by atoms with van der Waals surface area (Å²) in [4.78, 5) is 0. The molecule has 0 amide bonds. The van der Waals surface area contributed by atoms with E-state index in [1.54, 1.807) is 48.5 Å². The quantitative estimate of drug-likeness (QED) is 0.769. The second-order valence-electron chi connectivity index (χ2n) is 5.69. The Kier molecular flexibility index (Phi) is 10.7. The highest BCUT2D eigenvalue weighted by Crippen LogP contribution is 2.08. The molecular weight excluding hydrogens is 260 g/mol. The average Bonchev–Trinajstić information content (AvgIpc) is 2.40. The lowest BCUT2D eigenvalue weighted by atomic mass is 10.0. The van der Waals surface area contributed by atoms with Crippen LogP contribution < -0.4 is 0 Å². The minimum absolute atomic E-state index is 0.322. The van der Waals surface area contributed by atoms with Gasteiger partial charge < -0.3 is 10.2 Å². The zero-order chi connectivity index (χ0) is 16.1. The zero-order valence-electron chi connectivity index (χ0n) is 13.5. The lowest BCUT2D eigenvalue weighted by Crippen LogP contribution is -1.93. The molecule has 2 N–H and O–H groups in total. The first kappa shape index (κ1) is 19.0. The van der Waals surface area contributed by atoms with E-state index < -0.39 is 0 Å². The topological polar surface area (TPSA) is 40.5 Å². The molecule has 2 aromatic rings. The van der Waals surface area contributed by atoms with E-state index in [1.165, 1.54) is 6.42 Å². The maximum absolute atomic E-state index is 8.63. The Labute approximate surface area is 129 Å². The number of phenolic OH excluding ortho intramolecular Hbond substituents is 2. The molecule has 0 saturated heterocycles. The van der Waals surface area contributed by atoms with Crippen molar-refractivity contribution in [3.63, 3.8) is 0 Å². The van der Waals surface area contributed by atoms with E-state index >= 15 is 0 Å². The summed E-state index contributed by atoms with van der Waals surface area (Å²) in [5.41, 5.74) is 0. The number of hydrogen-bond acceptors (Lipinski definition) is 2. The molecule has 0 radical (unpaired) electrons. The molecule has 0 saturated carbocycles. The van der Waals surface area contributed by atoms with E-state index in [2.05, 4.69) is 27.7 Å². The van der Waals surface area contributed by atoms with Gasteiger partial charge in [-0.25, -0.2) is 0 Å². The molecule has 0 bridgehead atoms. The third-order valence-electron chi connectivity index (χ3n) is 2.46. The fraction of sp³-hybridized carbons (Fsp3) is 0.368. The number of para-hydroxylation sites is 2. The normalized spacial score (nSPS) is 9.43. The molecule has 0 aliphatic heterocycles. The Hall–Kier alpha value is -1.96. The van der Waals surface area contributed by atoms with Crippen LogP contribution in [0, 0.1) is 11.8 Å². The smallest absolute Gasteiger partial charge is 0.115 e. The SMILES string of the molecule is CC(C)CC(C)C.Oc1ccccc1.Oc1ccccc1. The van der Waals surface area contributed by atoms with Gasteiger partial charge in [-0.15, -0.1) is 0 Å². The van der Waals surface area contributed by atoms with Crippen LogP contribution >= 0.6 is 0 Å². The van der Waals surface area contributed by atoms with Crippen LogP contribution in [0.2, 0.25) is 0 Å². The molecule has 0 spiro atoms. The number of hydrogen-bond donors (Lipinski definition) is 2. The van der Waals surface area contributed by atoms with Crippen molar-refractivity contribution in [1.29, 1.82) is 0 Å². The monoisotopic (exact) mass is 288 g/mol. The van der Waals surface area contributed by atoms with E-state index in [9.17, 15) is 0 Å². The summed E-state index contributed by atoms with van der Waals surface area (Å²) in [5.74, 6) is 2.39. The molecule has 0 atom stereocenters. The molecule has 0 fully saturated rings. The van der Waals surface area contributed by atoms with Gasteiger partial charge in [0, 0.05) is 0 Å². The van der Waals surface area contributed by atoms with Gasteiger partial charge in [-0.05, 0) is 42.5 Å². The molecule has 116 valence electrons. The van der Waals surface area contributed by atoms with Gasteiger partial charge in [-0.2, -0.15) is 0 Å². The minimum Gasteiger partial charge on any atom is -0.508 e. The molecule has 2 heteroatoms. The van der Waals surface area contributed by atoms with Crippen molar-refractivity contribution in [3.8, 4) is 11.5 Å². The van der Waals surface area contributed by atoms with Gasteiger partial charge in [-0.1, -0.05) is 64.1 Å². The van der Waals surface area contributed by atoms with Crippen molar-refractivity contribution in [2.75, 3.05) is 0 Å². The molecule has 2 nitrogen and oxygen atoms in total. The van der Waals surface area contributed by atoms with Gasteiger partial charge in [-0.3, -0.25) is 0 Å². The highest BCUT2D eigenvalue weighted by molar-refractivity contribution is 5.19. The van der Waals surface area contributed by atoms with Gasteiger partial charge in [0.1, 0.15) is 11.5 Å². The first-order valence-electron chi connectivity index (χ1n) is 7.39. The van der Waals surface area contributed by atoms with Crippen molar-refractivity contribution < 1.29 is 10.2 Å². The van der Waals surface area contributed by atoms with Crippen molar-refractivity contribution in [2.24, 2.45) is 11.8 Å². The summed E-state index contributed by atoms with van der Waals surface area (Å²) in [6, 6.07) is 17.4. The molecule has 0 aliphatic carbocycles. The van der Waals surface area contributed by atoms with Crippen molar-refractivity contribution >= 4 is 0 Å². The maximum atomic E-state index is 8.63. The van der Waals surface area contributed by atoms with Crippen molar-refractivity contribution in [1.82, 2.24) is 0 Å². The Balaban J connectivity index is 0.000000286. The van der Waals surface area contributed by atoms with Gasteiger partial charge in [0.15, 0.2) is 0 Å². The van der Waals surface area contributed by atoms with E-state index in [0.717, 1.165) is 11.8 Å². The lowest BCUT2D eigenvalue weighted by Gasteiger charge is -2.05. The molecule has 0 heterocycles. The first-order valence-corrected chi connectivity index (χ1v) is 7.39. The van der Waals surface area contributed by atoms with Crippen LogP contribution in [0.5, 0.6) is 11.5 Å². The van der Waals surface area contributed by atoms with Crippen LogP contribution in [0.1, 0.15) is 34.1 Å². The number of aromatic hydroxyl groups is 2. The second-order valence-corrected chi connectivity index (χ2v) is 5.69. The lowest BCUT2D eigenvalue weighted by molar-refractivity contribution is 0.469. The van der Waals surface area contributed by atoms with Gasteiger partial charge in [0.25, 0.3) is 0 Å². The summed E-state index contributed by atoms with van der Waals surface area (Å²) < 4.78 is 0. The van der Waals surface area contributed by atoms with Crippen LogP contribution in [0.25, 0.3) is 0 Å². The summed E-state index contributed by atoms with van der Waals surface area (Å²) in [6.45, 7) is 9.06. The molecule has 0 aromatic heterocycles. The van der Waals surface area contributed by atoms with Crippen LogP contribution in [0.3, 0.4) is 0 Å². The number of benzene rings is 2. The Morgan fingerprint density at radius 1 is 0.619 bits per heavy atom. The minimum atomic E-state index is 0.322. The Morgan fingerprint density at radius 2 is 0.905 bits per heavy atom. The fourth-order valence-electron chi connectivity index (χ4n) is 1.80.